The zero-order chi connectivity index (χ0) is 19.6. The third-order valence-corrected chi connectivity index (χ3v) is 4.49. The van der Waals surface area contributed by atoms with Gasteiger partial charge in [0, 0.05) is 23.2 Å². The number of fused-ring (bicyclic) bond motifs is 1. The van der Waals surface area contributed by atoms with Crippen molar-refractivity contribution < 1.29 is 19.0 Å². The number of hydrogen-bond donors (Lipinski definition) is 1. The van der Waals surface area contributed by atoms with Crippen molar-refractivity contribution in [2.75, 3.05) is 26.6 Å². The van der Waals surface area contributed by atoms with Crippen molar-refractivity contribution in [3.8, 4) is 17.2 Å². The number of carbonyl (C=O) groups is 1. The highest BCUT2D eigenvalue weighted by atomic mass is 16.5. The van der Waals surface area contributed by atoms with E-state index in [1.54, 1.807) is 12.1 Å². The number of ether oxygens (including phenoxy) is 3. The molecular weight excluding hydrogens is 344 g/mol. The first-order chi connectivity index (χ1) is 13.0. The fraction of sp³-hybridized carbons (Fsp3) is 0.286. The second-order valence-electron chi connectivity index (χ2n) is 6.42. The van der Waals surface area contributed by atoms with Crippen molar-refractivity contribution >= 4 is 22.5 Å². The van der Waals surface area contributed by atoms with Gasteiger partial charge in [0.1, 0.15) is 0 Å². The number of aromatic nitrogens is 1. The molecule has 27 heavy (non-hydrogen) atoms. The topological polar surface area (TPSA) is 61.7 Å². The first-order valence-electron chi connectivity index (χ1n) is 8.71. The second kappa shape index (κ2) is 7.61. The monoisotopic (exact) mass is 368 g/mol. The molecule has 0 fully saturated rings. The van der Waals surface area contributed by atoms with Crippen molar-refractivity contribution in [3.63, 3.8) is 0 Å². The molecule has 2 aromatic carbocycles. The first-order valence-corrected chi connectivity index (χ1v) is 8.71. The molecule has 3 aromatic rings. The van der Waals surface area contributed by atoms with Gasteiger partial charge in [-0.2, -0.15) is 0 Å². The molecule has 0 radical (unpaired) electrons. The van der Waals surface area contributed by atoms with Gasteiger partial charge in [0.05, 0.1) is 32.5 Å². The van der Waals surface area contributed by atoms with Crippen LogP contribution in [0.25, 0.3) is 10.9 Å². The highest BCUT2D eigenvalue weighted by Crippen LogP contribution is 2.38. The van der Waals surface area contributed by atoms with Gasteiger partial charge in [0.2, 0.25) is 5.75 Å². The van der Waals surface area contributed by atoms with Crippen LogP contribution in [0.5, 0.6) is 17.2 Å². The third kappa shape index (κ3) is 3.43. The Labute approximate surface area is 158 Å². The summed E-state index contributed by atoms with van der Waals surface area (Å²) in [5.74, 6) is 1.07. The second-order valence-corrected chi connectivity index (χ2v) is 6.42. The highest BCUT2D eigenvalue weighted by Gasteiger charge is 2.18. The summed E-state index contributed by atoms with van der Waals surface area (Å²) in [5.41, 5.74) is 2.25. The van der Waals surface area contributed by atoms with E-state index in [9.17, 15) is 4.79 Å². The number of amides is 1. The summed E-state index contributed by atoms with van der Waals surface area (Å²) in [6, 6.07) is 11.5. The summed E-state index contributed by atoms with van der Waals surface area (Å²) in [6.45, 7) is 4.25. The van der Waals surface area contributed by atoms with E-state index in [1.165, 1.54) is 21.3 Å². The summed E-state index contributed by atoms with van der Waals surface area (Å²) in [5, 5.41) is 3.98. The SMILES string of the molecule is COc1cc(C(=O)Nc2cccc3c2ccn3C(C)C)cc(OC)c1OC. The van der Waals surface area contributed by atoms with Crippen molar-refractivity contribution in [2.45, 2.75) is 19.9 Å². The Balaban J connectivity index is 1.98. The molecule has 3 rings (SSSR count). The fourth-order valence-electron chi connectivity index (χ4n) is 3.15. The molecule has 6 nitrogen and oxygen atoms in total. The molecule has 1 heterocycles. The van der Waals surface area contributed by atoms with Crippen LogP contribution in [0, 0.1) is 0 Å². The summed E-state index contributed by atoms with van der Waals surface area (Å²) in [7, 11) is 4.57. The predicted molar refractivity (Wildman–Crippen MR) is 106 cm³/mol. The van der Waals surface area contributed by atoms with Crippen molar-refractivity contribution in [1.29, 1.82) is 0 Å². The van der Waals surface area contributed by atoms with Crippen LogP contribution in [0.1, 0.15) is 30.2 Å². The van der Waals surface area contributed by atoms with E-state index in [2.05, 4.69) is 23.7 Å². The minimum absolute atomic E-state index is 0.251. The van der Waals surface area contributed by atoms with Crippen molar-refractivity contribution in [2.24, 2.45) is 0 Å². The molecule has 0 atom stereocenters. The Kier molecular flexibility index (Phi) is 5.26. The van der Waals surface area contributed by atoms with Crippen LogP contribution in [0.3, 0.4) is 0 Å². The Morgan fingerprint density at radius 2 is 1.67 bits per heavy atom. The van der Waals surface area contributed by atoms with Gasteiger partial charge < -0.3 is 24.1 Å². The van der Waals surface area contributed by atoms with Gasteiger partial charge in [-0.1, -0.05) is 6.07 Å². The van der Waals surface area contributed by atoms with Crippen LogP contribution in [0.4, 0.5) is 5.69 Å². The van der Waals surface area contributed by atoms with Gasteiger partial charge in [-0.25, -0.2) is 0 Å². The first kappa shape index (κ1) is 18.6. The molecule has 0 saturated carbocycles. The number of nitrogens with one attached hydrogen (secondary N) is 1. The molecule has 142 valence electrons. The van der Waals surface area contributed by atoms with E-state index in [4.69, 9.17) is 14.2 Å². The molecule has 1 N–H and O–H groups in total. The van der Waals surface area contributed by atoms with Crippen LogP contribution < -0.4 is 19.5 Å². The predicted octanol–water partition coefficient (Wildman–Crippen LogP) is 4.50. The normalized spacial score (nSPS) is 10.9. The summed E-state index contributed by atoms with van der Waals surface area (Å²) in [4.78, 5) is 12.9. The van der Waals surface area contributed by atoms with Crippen molar-refractivity contribution in [3.05, 3.63) is 48.2 Å². The Hall–Kier alpha value is -3.15. The largest absolute Gasteiger partial charge is 0.493 e. The van der Waals surface area contributed by atoms with Crippen molar-refractivity contribution in [1.82, 2.24) is 4.57 Å². The zero-order valence-corrected chi connectivity index (χ0v) is 16.2. The zero-order valence-electron chi connectivity index (χ0n) is 16.2. The van der Waals surface area contributed by atoms with E-state index >= 15 is 0 Å². The van der Waals surface area contributed by atoms with Crippen LogP contribution in [0.15, 0.2) is 42.6 Å². The quantitative estimate of drug-likeness (QED) is 0.696. The molecule has 1 aromatic heterocycles. The van der Waals surface area contributed by atoms with E-state index in [1.807, 2.05) is 30.5 Å². The maximum absolute atomic E-state index is 12.9. The van der Waals surface area contributed by atoms with Gasteiger partial charge >= 0.3 is 0 Å². The number of carbonyl (C=O) groups excluding carboxylic acids is 1. The third-order valence-electron chi connectivity index (χ3n) is 4.49. The van der Waals surface area contributed by atoms with Crippen LogP contribution in [-0.2, 0) is 0 Å². The smallest absolute Gasteiger partial charge is 0.255 e. The Morgan fingerprint density at radius 3 is 2.22 bits per heavy atom. The van der Waals surface area contributed by atoms with Gasteiger partial charge in [-0.05, 0) is 44.2 Å². The standard InChI is InChI=1S/C21H24N2O4/c1-13(2)23-10-9-15-16(7-6-8-17(15)23)22-21(24)14-11-18(25-3)20(27-5)19(12-14)26-4/h6-13H,1-5H3,(H,22,24). The van der Waals surface area contributed by atoms with E-state index in [-0.39, 0.29) is 5.91 Å². The molecule has 6 heteroatoms. The number of methoxy groups -OCH3 is 3. The number of anilines is 1. The number of hydrogen-bond acceptors (Lipinski definition) is 4. The summed E-state index contributed by atoms with van der Waals surface area (Å²) in [6.07, 6.45) is 2.03. The van der Waals surface area contributed by atoms with Gasteiger partial charge in [0.25, 0.3) is 5.91 Å². The van der Waals surface area contributed by atoms with E-state index in [0.717, 1.165) is 16.6 Å². The Bertz CT molecular complexity index is 950. The minimum atomic E-state index is -0.251. The maximum Gasteiger partial charge on any atom is 0.255 e. The molecule has 1 amide bonds. The van der Waals surface area contributed by atoms with Crippen LogP contribution in [-0.4, -0.2) is 31.8 Å². The van der Waals surface area contributed by atoms with Gasteiger partial charge in [-0.3, -0.25) is 4.79 Å². The lowest BCUT2D eigenvalue weighted by atomic mass is 10.1. The summed E-state index contributed by atoms with van der Waals surface area (Å²) >= 11 is 0. The minimum Gasteiger partial charge on any atom is -0.493 e. The molecule has 0 bridgehead atoms. The number of nitrogens with zero attached hydrogens (tertiary/aromatic N) is 1. The van der Waals surface area contributed by atoms with Crippen LogP contribution in [0.2, 0.25) is 0 Å². The molecule has 0 aliphatic heterocycles. The number of benzene rings is 2. The molecule has 0 aliphatic carbocycles. The average molecular weight is 368 g/mol. The van der Waals surface area contributed by atoms with Gasteiger partial charge in [0.15, 0.2) is 11.5 Å². The van der Waals surface area contributed by atoms with E-state index in [0.29, 0.717) is 28.9 Å². The maximum atomic E-state index is 12.9. The van der Waals surface area contributed by atoms with E-state index < -0.39 is 0 Å². The lowest BCUT2D eigenvalue weighted by Crippen LogP contribution is -2.13. The fourth-order valence-corrected chi connectivity index (χ4v) is 3.15. The Morgan fingerprint density at radius 1 is 1.00 bits per heavy atom. The molecule has 0 unspecified atom stereocenters. The van der Waals surface area contributed by atoms with Gasteiger partial charge in [-0.15, -0.1) is 0 Å². The average Bonchev–Trinajstić information content (AvgIpc) is 3.12. The molecule has 0 aliphatic rings. The molecule has 0 spiro atoms. The molecule has 0 saturated heterocycles. The number of rotatable bonds is 6. The highest BCUT2D eigenvalue weighted by molar-refractivity contribution is 6.09. The lowest BCUT2D eigenvalue weighted by Gasteiger charge is -2.14. The molecular formula is C21H24N2O4. The summed E-state index contributed by atoms with van der Waals surface area (Å²) < 4.78 is 18.1. The lowest BCUT2D eigenvalue weighted by molar-refractivity contribution is 0.102. The van der Waals surface area contributed by atoms with Crippen LogP contribution >= 0.6 is 0 Å².